The molecule has 4 heteroatoms. The van der Waals surface area contributed by atoms with Crippen molar-refractivity contribution in [2.24, 2.45) is 0 Å². The lowest BCUT2D eigenvalue weighted by atomic mass is 9.80. The molecule has 1 amide bonds. The Morgan fingerprint density at radius 1 is 1.21 bits per heavy atom. The van der Waals surface area contributed by atoms with Gasteiger partial charge in [-0.1, -0.05) is 25.3 Å². The Bertz CT molecular complexity index is 563. The lowest BCUT2D eigenvalue weighted by molar-refractivity contribution is -0.128. The largest absolute Gasteiger partial charge is 0.481 e. The fourth-order valence-corrected chi connectivity index (χ4v) is 3.43. The fourth-order valence-electron chi connectivity index (χ4n) is 3.43. The van der Waals surface area contributed by atoms with Crippen LogP contribution >= 0.6 is 0 Å². The van der Waals surface area contributed by atoms with E-state index < -0.39 is 6.10 Å². The second-order valence-electron chi connectivity index (χ2n) is 7.40. The molecule has 0 bridgehead atoms. The third-order valence-corrected chi connectivity index (χ3v) is 5.49. The number of aryl methyl sites for hydroxylation is 2. The Balaban J connectivity index is 1.92. The van der Waals surface area contributed by atoms with Crippen LogP contribution in [0.4, 0.5) is 0 Å². The molecule has 0 radical (unpaired) electrons. The minimum Gasteiger partial charge on any atom is -0.481 e. The van der Waals surface area contributed by atoms with Crippen molar-refractivity contribution in [3.8, 4) is 5.75 Å². The Hall–Kier alpha value is -1.55. The highest BCUT2D eigenvalue weighted by atomic mass is 16.5. The van der Waals surface area contributed by atoms with Gasteiger partial charge in [0.15, 0.2) is 6.10 Å². The zero-order chi connectivity index (χ0) is 17.7. The van der Waals surface area contributed by atoms with Crippen LogP contribution in [0.2, 0.25) is 0 Å². The van der Waals surface area contributed by atoms with Crippen molar-refractivity contribution in [2.75, 3.05) is 20.6 Å². The van der Waals surface area contributed by atoms with Crippen molar-refractivity contribution in [3.63, 3.8) is 0 Å². The number of likely N-dealkylation sites (N-methyl/N-ethyl adjacent to an activating group) is 1. The lowest BCUT2D eigenvalue weighted by Gasteiger charge is -2.43. The molecular weight excluding hydrogens is 300 g/mol. The predicted molar refractivity (Wildman–Crippen MR) is 98.5 cm³/mol. The van der Waals surface area contributed by atoms with Crippen LogP contribution in [0.15, 0.2) is 18.2 Å². The molecule has 1 aliphatic carbocycles. The van der Waals surface area contributed by atoms with E-state index in [2.05, 4.69) is 38.2 Å². The van der Waals surface area contributed by atoms with Crippen LogP contribution in [0.5, 0.6) is 5.75 Å². The van der Waals surface area contributed by atoms with Crippen LogP contribution < -0.4 is 10.1 Å². The number of rotatable bonds is 6. The normalized spacial score (nSPS) is 18.2. The average Bonchev–Trinajstić information content (AvgIpc) is 2.56. The first-order valence-electron chi connectivity index (χ1n) is 9.03. The Kier molecular flexibility index (Phi) is 6.27. The van der Waals surface area contributed by atoms with Gasteiger partial charge in [0.05, 0.1) is 0 Å². The summed E-state index contributed by atoms with van der Waals surface area (Å²) in [5.41, 5.74) is 2.49. The third-order valence-electron chi connectivity index (χ3n) is 5.49. The van der Waals surface area contributed by atoms with E-state index in [0.29, 0.717) is 6.54 Å². The van der Waals surface area contributed by atoms with Crippen molar-refractivity contribution >= 4 is 5.91 Å². The Morgan fingerprint density at radius 2 is 1.88 bits per heavy atom. The summed E-state index contributed by atoms with van der Waals surface area (Å²) in [6, 6.07) is 5.94. The van der Waals surface area contributed by atoms with Gasteiger partial charge in [0.1, 0.15) is 5.75 Å². The molecule has 0 spiro atoms. The molecule has 4 nitrogen and oxygen atoms in total. The second-order valence-corrected chi connectivity index (χ2v) is 7.40. The highest BCUT2D eigenvalue weighted by Gasteiger charge is 2.34. The van der Waals surface area contributed by atoms with E-state index in [-0.39, 0.29) is 11.4 Å². The molecule has 1 fully saturated rings. The fraction of sp³-hybridized carbons (Fsp3) is 0.650. The van der Waals surface area contributed by atoms with Crippen molar-refractivity contribution < 1.29 is 9.53 Å². The molecule has 0 aliphatic heterocycles. The molecule has 1 saturated carbocycles. The summed E-state index contributed by atoms with van der Waals surface area (Å²) in [5.74, 6) is 0.709. The smallest absolute Gasteiger partial charge is 0.260 e. The standard InChI is InChI=1S/C20H32N2O2/c1-15-9-10-18(13-16(15)2)24-17(3)19(23)21-14-20(22(4)5)11-7-6-8-12-20/h9-10,13,17H,6-8,11-12,14H2,1-5H3,(H,21,23)/t17-/m0/s1. The van der Waals surface area contributed by atoms with Crippen LogP contribution in [0.1, 0.15) is 50.2 Å². The molecule has 1 aromatic carbocycles. The molecule has 1 N–H and O–H groups in total. The van der Waals surface area contributed by atoms with Gasteiger partial charge in [0.25, 0.3) is 5.91 Å². The molecule has 1 aliphatic rings. The number of carbonyl (C=O) groups is 1. The van der Waals surface area contributed by atoms with Gasteiger partial charge in [-0.2, -0.15) is 0 Å². The molecule has 1 aromatic rings. The topological polar surface area (TPSA) is 41.6 Å². The van der Waals surface area contributed by atoms with Gasteiger partial charge in [-0.05, 0) is 71.0 Å². The van der Waals surface area contributed by atoms with Gasteiger partial charge in [0, 0.05) is 12.1 Å². The summed E-state index contributed by atoms with van der Waals surface area (Å²) in [6.07, 6.45) is 5.58. The molecule has 0 unspecified atom stereocenters. The lowest BCUT2D eigenvalue weighted by Crippen LogP contribution is -2.55. The van der Waals surface area contributed by atoms with E-state index in [0.717, 1.165) is 18.6 Å². The van der Waals surface area contributed by atoms with Crippen LogP contribution in [0.3, 0.4) is 0 Å². The summed E-state index contributed by atoms with van der Waals surface area (Å²) in [7, 11) is 4.24. The number of nitrogens with one attached hydrogen (secondary N) is 1. The number of ether oxygens (including phenoxy) is 1. The number of amides is 1. The van der Waals surface area contributed by atoms with E-state index in [9.17, 15) is 4.79 Å². The number of hydrogen-bond donors (Lipinski definition) is 1. The average molecular weight is 332 g/mol. The van der Waals surface area contributed by atoms with Gasteiger partial charge < -0.3 is 15.0 Å². The minimum absolute atomic E-state index is 0.0416. The van der Waals surface area contributed by atoms with Gasteiger partial charge in [-0.15, -0.1) is 0 Å². The van der Waals surface area contributed by atoms with E-state index in [1.807, 2.05) is 25.1 Å². The Labute approximate surface area is 146 Å². The van der Waals surface area contributed by atoms with Crippen LogP contribution in [0.25, 0.3) is 0 Å². The maximum atomic E-state index is 12.5. The van der Waals surface area contributed by atoms with Crippen molar-refractivity contribution in [3.05, 3.63) is 29.3 Å². The zero-order valence-electron chi connectivity index (χ0n) is 15.8. The van der Waals surface area contributed by atoms with Crippen LogP contribution in [-0.2, 0) is 4.79 Å². The number of hydrogen-bond acceptors (Lipinski definition) is 3. The van der Waals surface area contributed by atoms with Gasteiger partial charge in [0.2, 0.25) is 0 Å². The van der Waals surface area contributed by atoms with E-state index in [1.54, 1.807) is 0 Å². The zero-order valence-corrected chi connectivity index (χ0v) is 15.8. The predicted octanol–water partition coefficient (Wildman–Crippen LogP) is 3.45. The molecule has 0 heterocycles. The summed E-state index contributed by atoms with van der Waals surface area (Å²) in [5, 5.41) is 3.11. The highest BCUT2D eigenvalue weighted by Crippen LogP contribution is 2.31. The van der Waals surface area contributed by atoms with Crippen molar-refractivity contribution in [1.82, 2.24) is 10.2 Å². The number of nitrogens with zero attached hydrogens (tertiary/aromatic N) is 1. The molecule has 0 saturated heterocycles. The molecule has 2 rings (SSSR count). The monoisotopic (exact) mass is 332 g/mol. The maximum absolute atomic E-state index is 12.5. The first-order valence-corrected chi connectivity index (χ1v) is 9.03. The molecule has 24 heavy (non-hydrogen) atoms. The van der Waals surface area contributed by atoms with E-state index >= 15 is 0 Å². The number of carbonyl (C=O) groups excluding carboxylic acids is 1. The van der Waals surface area contributed by atoms with Crippen LogP contribution in [-0.4, -0.2) is 43.1 Å². The summed E-state index contributed by atoms with van der Waals surface area (Å²) in [4.78, 5) is 14.7. The summed E-state index contributed by atoms with van der Waals surface area (Å²) < 4.78 is 5.82. The van der Waals surface area contributed by atoms with Crippen LogP contribution in [0, 0.1) is 13.8 Å². The van der Waals surface area contributed by atoms with Gasteiger partial charge in [-0.25, -0.2) is 0 Å². The van der Waals surface area contributed by atoms with Gasteiger partial charge >= 0.3 is 0 Å². The van der Waals surface area contributed by atoms with Gasteiger partial charge in [-0.3, -0.25) is 4.79 Å². The molecule has 0 aromatic heterocycles. The van der Waals surface area contributed by atoms with Crippen molar-refractivity contribution in [2.45, 2.75) is 64.5 Å². The molecule has 134 valence electrons. The second kappa shape index (κ2) is 8.02. The van der Waals surface area contributed by atoms with E-state index in [4.69, 9.17) is 4.74 Å². The highest BCUT2D eigenvalue weighted by molar-refractivity contribution is 5.80. The minimum atomic E-state index is -0.491. The quantitative estimate of drug-likeness (QED) is 0.867. The van der Waals surface area contributed by atoms with Crippen molar-refractivity contribution in [1.29, 1.82) is 0 Å². The number of benzene rings is 1. The molecular formula is C20H32N2O2. The summed E-state index contributed by atoms with van der Waals surface area (Å²) >= 11 is 0. The SMILES string of the molecule is Cc1ccc(O[C@@H](C)C(=O)NCC2(N(C)C)CCCCC2)cc1C. The first kappa shape index (κ1) is 18.8. The summed E-state index contributed by atoms with van der Waals surface area (Å²) in [6.45, 7) is 6.63. The Morgan fingerprint density at radius 3 is 2.46 bits per heavy atom. The third kappa shape index (κ3) is 4.50. The first-order chi connectivity index (χ1) is 11.3. The molecule has 1 atom stereocenters. The maximum Gasteiger partial charge on any atom is 0.260 e. The van der Waals surface area contributed by atoms with E-state index in [1.165, 1.54) is 30.4 Å².